The maximum Gasteiger partial charge on any atom is 0.262 e. The summed E-state index contributed by atoms with van der Waals surface area (Å²) in [5.74, 6) is -0.278. The van der Waals surface area contributed by atoms with Gasteiger partial charge in [0.25, 0.3) is 10.0 Å². The lowest BCUT2D eigenvalue weighted by Crippen LogP contribution is -2.16. The van der Waals surface area contributed by atoms with Gasteiger partial charge in [-0.05, 0) is 35.9 Å². The molecule has 168 valence electrons. The summed E-state index contributed by atoms with van der Waals surface area (Å²) in [6.45, 7) is 0. The minimum absolute atomic E-state index is 0.0130. The van der Waals surface area contributed by atoms with Crippen LogP contribution in [0.1, 0.15) is 16.3 Å². The number of anilines is 2. The van der Waals surface area contributed by atoms with Crippen LogP contribution in [-0.4, -0.2) is 19.3 Å². The van der Waals surface area contributed by atoms with Crippen LogP contribution in [0.5, 0.6) is 0 Å². The summed E-state index contributed by atoms with van der Waals surface area (Å²) < 4.78 is 28.0. The molecule has 3 aromatic carbocycles. The van der Waals surface area contributed by atoms with Crippen molar-refractivity contribution in [2.24, 2.45) is 0 Å². The molecule has 1 aromatic heterocycles. The van der Waals surface area contributed by atoms with E-state index in [0.717, 1.165) is 10.6 Å². The quantitative estimate of drug-likeness (QED) is 0.342. The van der Waals surface area contributed by atoms with Crippen LogP contribution in [0.3, 0.4) is 0 Å². The topological polar surface area (TPSA) is 88.2 Å². The average molecular weight is 498 g/mol. The van der Waals surface area contributed by atoms with E-state index in [-0.39, 0.29) is 22.9 Å². The molecule has 33 heavy (non-hydrogen) atoms. The van der Waals surface area contributed by atoms with Gasteiger partial charge in [0.2, 0.25) is 5.91 Å². The summed E-state index contributed by atoms with van der Waals surface area (Å²) in [6.07, 6.45) is 0.811. The standard InChI is InChI=1S/C24H20ClN3O3S2/c25-21-11-4-5-12-22(21)28-33(30,31)20-10-6-9-18(14-20)26-23(29)15-19-16-32-24(27-19)13-17-7-2-1-3-8-17/h1-12,14,16,28H,13,15H2,(H,26,29). The number of para-hydroxylation sites is 1. The third kappa shape index (κ3) is 6.19. The van der Waals surface area contributed by atoms with Gasteiger partial charge in [-0.2, -0.15) is 0 Å². The molecule has 0 aliphatic carbocycles. The number of amides is 1. The number of nitrogens with zero attached hydrogens (tertiary/aromatic N) is 1. The second kappa shape index (κ2) is 10.2. The van der Waals surface area contributed by atoms with Crippen molar-refractivity contribution in [3.63, 3.8) is 0 Å². The van der Waals surface area contributed by atoms with Crippen LogP contribution in [0.25, 0.3) is 0 Å². The van der Waals surface area contributed by atoms with E-state index in [1.165, 1.54) is 23.5 Å². The van der Waals surface area contributed by atoms with Crippen LogP contribution in [-0.2, 0) is 27.7 Å². The Morgan fingerprint density at radius 1 is 0.970 bits per heavy atom. The molecule has 1 amide bonds. The van der Waals surface area contributed by atoms with Crippen LogP contribution in [0.4, 0.5) is 11.4 Å². The fourth-order valence-corrected chi connectivity index (χ4v) is 5.33. The number of halogens is 1. The van der Waals surface area contributed by atoms with E-state index >= 15 is 0 Å². The predicted molar refractivity (Wildman–Crippen MR) is 132 cm³/mol. The molecule has 0 bridgehead atoms. The van der Waals surface area contributed by atoms with Gasteiger partial charge in [0.15, 0.2) is 0 Å². The third-order valence-electron chi connectivity index (χ3n) is 4.69. The maximum absolute atomic E-state index is 12.7. The van der Waals surface area contributed by atoms with Crippen molar-refractivity contribution in [3.05, 3.63) is 106 Å². The Balaban J connectivity index is 1.40. The van der Waals surface area contributed by atoms with Crippen LogP contribution in [0.2, 0.25) is 5.02 Å². The number of rotatable bonds is 8. The normalized spacial score (nSPS) is 11.2. The van der Waals surface area contributed by atoms with Crippen LogP contribution < -0.4 is 10.0 Å². The third-order valence-corrected chi connectivity index (χ3v) is 7.28. The van der Waals surface area contributed by atoms with E-state index in [4.69, 9.17) is 11.6 Å². The van der Waals surface area contributed by atoms with E-state index in [1.807, 2.05) is 35.7 Å². The lowest BCUT2D eigenvalue weighted by Gasteiger charge is -2.11. The molecule has 0 saturated heterocycles. The largest absolute Gasteiger partial charge is 0.326 e. The molecule has 0 radical (unpaired) electrons. The summed E-state index contributed by atoms with van der Waals surface area (Å²) in [4.78, 5) is 17.1. The number of aromatic nitrogens is 1. The molecule has 0 spiro atoms. The number of carbonyl (C=O) groups is 1. The summed E-state index contributed by atoms with van der Waals surface area (Å²) in [6, 6.07) is 22.6. The molecule has 0 fully saturated rings. The first kappa shape index (κ1) is 23.0. The predicted octanol–water partition coefficient (Wildman–Crippen LogP) is 5.37. The molecule has 4 rings (SSSR count). The van der Waals surface area contributed by atoms with Crippen LogP contribution in [0, 0.1) is 0 Å². The summed E-state index contributed by atoms with van der Waals surface area (Å²) in [5.41, 5.74) is 2.49. The first-order valence-electron chi connectivity index (χ1n) is 10.0. The molecule has 1 heterocycles. The Bertz CT molecular complexity index is 1370. The SMILES string of the molecule is O=C(Cc1csc(Cc2ccccc2)n1)Nc1cccc(S(=O)(=O)Nc2ccccc2Cl)c1. The molecule has 0 aliphatic rings. The molecule has 0 saturated carbocycles. The Kier molecular flexibility index (Phi) is 7.08. The van der Waals surface area contributed by atoms with Crippen molar-refractivity contribution in [2.75, 3.05) is 10.0 Å². The molecule has 0 atom stereocenters. The van der Waals surface area contributed by atoms with Crippen molar-refractivity contribution in [1.82, 2.24) is 4.98 Å². The number of hydrogen-bond acceptors (Lipinski definition) is 5. The molecule has 0 unspecified atom stereocenters. The molecule has 4 aromatic rings. The number of carbonyl (C=O) groups excluding carboxylic acids is 1. The highest BCUT2D eigenvalue weighted by Crippen LogP contribution is 2.25. The molecule has 0 aliphatic heterocycles. The van der Waals surface area contributed by atoms with Crippen LogP contribution in [0.15, 0.2) is 89.1 Å². The van der Waals surface area contributed by atoms with Gasteiger partial charge in [-0.3, -0.25) is 9.52 Å². The fraction of sp³-hybridized carbons (Fsp3) is 0.0833. The Morgan fingerprint density at radius 2 is 1.73 bits per heavy atom. The van der Waals surface area contributed by atoms with E-state index in [1.54, 1.807) is 36.4 Å². The summed E-state index contributed by atoms with van der Waals surface area (Å²) >= 11 is 7.56. The van der Waals surface area contributed by atoms with Gasteiger partial charge in [0, 0.05) is 17.5 Å². The highest BCUT2D eigenvalue weighted by Gasteiger charge is 2.17. The highest BCUT2D eigenvalue weighted by atomic mass is 35.5. The minimum Gasteiger partial charge on any atom is -0.326 e. The smallest absolute Gasteiger partial charge is 0.262 e. The molecular formula is C24H20ClN3O3S2. The van der Waals surface area contributed by atoms with E-state index in [2.05, 4.69) is 15.0 Å². The minimum atomic E-state index is -3.88. The first-order chi connectivity index (χ1) is 15.9. The van der Waals surface area contributed by atoms with E-state index < -0.39 is 10.0 Å². The lowest BCUT2D eigenvalue weighted by molar-refractivity contribution is -0.115. The Morgan fingerprint density at radius 3 is 2.52 bits per heavy atom. The van der Waals surface area contributed by atoms with Crippen molar-refractivity contribution >= 4 is 50.2 Å². The van der Waals surface area contributed by atoms with Gasteiger partial charge in [-0.15, -0.1) is 11.3 Å². The Hall–Kier alpha value is -3.20. The van der Waals surface area contributed by atoms with Crippen molar-refractivity contribution < 1.29 is 13.2 Å². The zero-order chi connectivity index (χ0) is 23.3. The number of thiazole rings is 1. The molecular weight excluding hydrogens is 478 g/mol. The zero-order valence-electron chi connectivity index (χ0n) is 17.4. The van der Waals surface area contributed by atoms with E-state index in [9.17, 15) is 13.2 Å². The number of benzene rings is 3. The first-order valence-corrected chi connectivity index (χ1v) is 12.8. The number of sulfonamides is 1. The number of nitrogens with one attached hydrogen (secondary N) is 2. The second-order valence-corrected chi connectivity index (χ2v) is 10.3. The van der Waals surface area contributed by atoms with Gasteiger partial charge in [0.05, 0.1) is 32.7 Å². The van der Waals surface area contributed by atoms with Gasteiger partial charge >= 0.3 is 0 Å². The second-order valence-electron chi connectivity index (χ2n) is 7.23. The summed E-state index contributed by atoms with van der Waals surface area (Å²) in [5, 5.41) is 5.84. The fourth-order valence-electron chi connectivity index (χ4n) is 3.14. The number of hydrogen-bond donors (Lipinski definition) is 2. The van der Waals surface area contributed by atoms with E-state index in [0.29, 0.717) is 22.8 Å². The van der Waals surface area contributed by atoms with Crippen molar-refractivity contribution in [1.29, 1.82) is 0 Å². The molecule has 9 heteroatoms. The van der Waals surface area contributed by atoms with Crippen molar-refractivity contribution in [3.8, 4) is 0 Å². The van der Waals surface area contributed by atoms with Gasteiger partial charge in [-0.1, -0.05) is 60.1 Å². The highest BCUT2D eigenvalue weighted by molar-refractivity contribution is 7.92. The van der Waals surface area contributed by atoms with Crippen molar-refractivity contribution in [2.45, 2.75) is 17.7 Å². The average Bonchev–Trinajstić information content (AvgIpc) is 3.22. The van der Waals surface area contributed by atoms with Gasteiger partial charge < -0.3 is 5.32 Å². The Labute approximate surface area is 201 Å². The van der Waals surface area contributed by atoms with Crippen LogP contribution >= 0.6 is 22.9 Å². The van der Waals surface area contributed by atoms with Gasteiger partial charge in [0.1, 0.15) is 0 Å². The van der Waals surface area contributed by atoms with Gasteiger partial charge in [-0.25, -0.2) is 13.4 Å². The maximum atomic E-state index is 12.7. The molecule has 2 N–H and O–H groups in total. The lowest BCUT2D eigenvalue weighted by atomic mass is 10.2. The zero-order valence-corrected chi connectivity index (χ0v) is 19.8. The summed E-state index contributed by atoms with van der Waals surface area (Å²) in [7, 11) is -3.88. The monoisotopic (exact) mass is 497 g/mol. The molecule has 6 nitrogen and oxygen atoms in total.